The molecule has 1 saturated heterocycles. The highest BCUT2D eigenvalue weighted by Crippen LogP contribution is 2.41. The van der Waals surface area contributed by atoms with Gasteiger partial charge in [-0.3, -0.25) is 4.79 Å². The van der Waals surface area contributed by atoms with Crippen molar-refractivity contribution >= 4 is 17.6 Å². The second-order valence-electron chi connectivity index (χ2n) is 6.06. The molecule has 112 valence electrons. The first-order chi connectivity index (χ1) is 10.1. The molecule has 5 nitrogen and oxygen atoms in total. The van der Waals surface area contributed by atoms with E-state index in [1.54, 1.807) is 19.0 Å². The van der Waals surface area contributed by atoms with Crippen LogP contribution in [0.15, 0.2) is 24.3 Å². The lowest BCUT2D eigenvalue weighted by molar-refractivity contribution is -0.118. The number of piperidine rings is 1. The number of para-hydroxylation sites is 1. The zero-order valence-electron chi connectivity index (χ0n) is 12.5. The summed E-state index contributed by atoms with van der Waals surface area (Å²) in [6, 6.07) is 7.98. The molecule has 2 heterocycles. The molecule has 1 fully saturated rings. The van der Waals surface area contributed by atoms with Gasteiger partial charge < -0.3 is 15.1 Å². The Kier molecular flexibility index (Phi) is 3.57. The first-order valence-corrected chi connectivity index (χ1v) is 7.44. The number of carbonyl (C=O) groups excluding carboxylic acids is 2. The lowest BCUT2D eigenvalue weighted by atomic mass is 9.81. The summed E-state index contributed by atoms with van der Waals surface area (Å²) in [6.07, 6.45) is 1.76. The molecule has 1 N–H and O–H groups in total. The van der Waals surface area contributed by atoms with Crippen LogP contribution in [-0.2, 0) is 4.79 Å². The molecule has 0 bridgehead atoms. The smallest absolute Gasteiger partial charge is 0.319 e. The Hall–Kier alpha value is -2.04. The third-order valence-electron chi connectivity index (χ3n) is 4.50. The van der Waals surface area contributed by atoms with Gasteiger partial charge in [0.1, 0.15) is 0 Å². The number of nitrogens with one attached hydrogen (secondary N) is 1. The number of likely N-dealkylation sites (tertiary alicyclic amines) is 1. The van der Waals surface area contributed by atoms with Gasteiger partial charge in [0.25, 0.3) is 0 Å². The van der Waals surface area contributed by atoms with Gasteiger partial charge >= 0.3 is 6.03 Å². The maximum absolute atomic E-state index is 12.3. The molecule has 0 saturated carbocycles. The molecule has 0 aliphatic carbocycles. The van der Waals surface area contributed by atoms with E-state index in [1.165, 1.54) is 0 Å². The number of urea groups is 1. The molecule has 2 aliphatic rings. The number of fused-ring (bicyclic) bond motifs is 1. The van der Waals surface area contributed by atoms with Crippen molar-refractivity contribution in [3.63, 3.8) is 0 Å². The zero-order valence-corrected chi connectivity index (χ0v) is 12.5. The first kappa shape index (κ1) is 13.9. The number of hydrogen-bond donors (Lipinski definition) is 1. The highest BCUT2D eigenvalue weighted by Gasteiger charge is 2.38. The monoisotopic (exact) mass is 287 g/mol. The van der Waals surface area contributed by atoms with Crippen LogP contribution in [0.4, 0.5) is 10.5 Å². The minimum absolute atomic E-state index is 0.0576. The van der Waals surface area contributed by atoms with Crippen LogP contribution in [-0.4, -0.2) is 48.9 Å². The van der Waals surface area contributed by atoms with E-state index < -0.39 is 0 Å². The fraction of sp³-hybridized carbons (Fsp3) is 0.500. The Morgan fingerprint density at radius 2 is 1.90 bits per heavy atom. The zero-order chi connectivity index (χ0) is 15.0. The second-order valence-corrected chi connectivity index (χ2v) is 6.06. The summed E-state index contributed by atoms with van der Waals surface area (Å²) in [7, 11) is 3.55. The van der Waals surface area contributed by atoms with E-state index in [4.69, 9.17) is 0 Å². The van der Waals surface area contributed by atoms with Crippen molar-refractivity contribution in [2.45, 2.75) is 18.8 Å². The van der Waals surface area contributed by atoms with E-state index in [0.29, 0.717) is 5.92 Å². The number of anilines is 1. The van der Waals surface area contributed by atoms with Crippen LogP contribution < -0.4 is 5.32 Å². The van der Waals surface area contributed by atoms with Crippen molar-refractivity contribution < 1.29 is 9.59 Å². The Labute approximate surface area is 124 Å². The molecule has 0 unspecified atom stereocenters. The van der Waals surface area contributed by atoms with E-state index in [0.717, 1.165) is 37.2 Å². The predicted octanol–water partition coefficient (Wildman–Crippen LogP) is 2.12. The molecule has 0 radical (unpaired) electrons. The molecule has 5 heteroatoms. The van der Waals surface area contributed by atoms with E-state index in [1.807, 2.05) is 29.2 Å². The third-order valence-corrected chi connectivity index (χ3v) is 4.50. The number of carbonyl (C=O) groups is 2. The minimum Gasteiger partial charge on any atom is -0.331 e. The van der Waals surface area contributed by atoms with Gasteiger partial charge in [0.05, 0.1) is 5.92 Å². The van der Waals surface area contributed by atoms with Crippen LogP contribution in [0, 0.1) is 5.92 Å². The standard InChI is InChI=1S/C16H21N3O2/c1-18(2)16(21)19-9-7-11(8-10-19)14-12-5-3-4-6-13(12)17-15(14)20/h3-6,11,14H,7-10H2,1-2H3,(H,17,20)/t14-/m1/s1. The van der Waals surface area contributed by atoms with Crippen molar-refractivity contribution in [1.82, 2.24) is 9.80 Å². The van der Waals surface area contributed by atoms with Crippen molar-refractivity contribution in [2.75, 3.05) is 32.5 Å². The van der Waals surface area contributed by atoms with Gasteiger partial charge in [0, 0.05) is 32.9 Å². The minimum atomic E-state index is -0.0576. The first-order valence-electron chi connectivity index (χ1n) is 7.44. The van der Waals surface area contributed by atoms with E-state index in [2.05, 4.69) is 5.32 Å². The summed E-state index contributed by atoms with van der Waals surface area (Å²) in [5.74, 6) is 0.367. The van der Waals surface area contributed by atoms with Gasteiger partial charge in [-0.25, -0.2) is 4.79 Å². The van der Waals surface area contributed by atoms with Crippen LogP contribution in [0.2, 0.25) is 0 Å². The van der Waals surface area contributed by atoms with Crippen LogP contribution in [0.25, 0.3) is 0 Å². The van der Waals surface area contributed by atoms with Gasteiger partial charge in [-0.15, -0.1) is 0 Å². The average Bonchev–Trinajstić information content (AvgIpc) is 2.82. The molecule has 3 rings (SSSR count). The van der Waals surface area contributed by atoms with Gasteiger partial charge in [0.2, 0.25) is 5.91 Å². The van der Waals surface area contributed by atoms with Crippen LogP contribution in [0.5, 0.6) is 0 Å². The van der Waals surface area contributed by atoms with E-state index in [-0.39, 0.29) is 17.9 Å². The van der Waals surface area contributed by atoms with E-state index >= 15 is 0 Å². The van der Waals surface area contributed by atoms with Crippen LogP contribution >= 0.6 is 0 Å². The highest BCUT2D eigenvalue weighted by atomic mass is 16.2. The van der Waals surface area contributed by atoms with Crippen LogP contribution in [0.1, 0.15) is 24.3 Å². The highest BCUT2D eigenvalue weighted by molar-refractivity contribution is 6.03. The Morgan fingerprint density at radius 1 is 1.24 bits per heavy atom. The lowest BCUT2D eigenvalue weighted by Gasteiger charge is -2.35. The molecule has 2 aliphatic heterocycles. The largest absolute Gasteiger partial charge is 0.331 e. The second kappa shape index (κ2) is 5.39. The molecule has 0 aromatic heterocycles. The predicted molar refractivity (Wildman–Crippen MR) is 81.2 cm³/mol. The van der Waals surface area contributed by atoms with Crippen LogP contribution in [0.3, 0.4) is 0 Å². The molecule has 21 heavy (non-hydrogen) atoms. The molecule has 3 amide bonds. The molecular formula is C16H21N3O2. The summed E-state index contributed by atoms with van der Waals surface area (Å²) >= 11 is 0. The Balaban J connectivity index is 1.70. The van der Waals surface area contributed by atoms with Gasteiger partial charge in [-0.05, 0) is 30.4 Å². The molecule has 1 aromatic carbocycles. The fourth-order valence-corrected chi connectivity index (χ4v) is 3.41. The van der Waals surface area contributed by atoms with Gasteiger partial charge in [-0.2, -0.15) is 0 Å². The van der Waals surface area contributed by atoms with E-state index in [9.17, 15) is 9.59 Å². The number of rotatable bonds is 1. The quantitative estimate of drug-likeness (QED) is 0.860. The maximum Gasteiger partial charge on any atom is 0.319 e. The molecule has 0 spiro atoms. The summed E-state index contributed by atoms with van der Waals surface area (Å²) in [4.78, 5) is 27.7. The average molecular weight is 287 g/mol. The summed E-state index contributed by atoms with van der Waals surface area (Å²) in [6.45, 7) is 1.46. The Morgan fingerprint density at radius 3 is 2.57 bits per heavy atom. The molecule has 1 aromatic rings. The topological polar surface area (TPSA) is 52.7 Å². The summed E-state index contributed by atoms with van der Waals surface area (Å²) in [5.41, 5.74) is 2.05. The summed E-state index contributed by atoms with van der Waals surface area (Å²) < 4.78 is 0. The fourth-order valence-electron chi connectivity index (χ4n) is 3.41. The maximum atomic E-state index is 12.3. The van der Waals surface area contributed by atoms with Crippen molar-refractivity contribution in [1.29, 1.82) is 0 Å². The number of amides is 3. The number of benzene rings is 1. The number of hydrogen-bond acceptors (Lipinski definition) is 2. The molecule has 1 atom stereocenters. The summed E-state index contributed by atoms with van der Waals surface area (Å²) in [5, 5.41) is 2.97. The van der Waals surface area contributed by atoms with Crippen molar-refractivity contribution in [2.24, 2.45) is 5.92 Å². The van der Waals surface area contributed by atoms with Gasteiger partial charge in [0.15, 0.2) is 0 Å². The number of nitrogens with zero attached hydrogens (tertiary/aromatic N) is 2. The lowest BCUT2D eigenvalue weighted by Crippen LogP contribution is -2.45. The molecular weight excluding hydrogens is 266 g/mol. The SMILES string of the molecule is CN(C)C(=O)N1CCC([C@H]2C(=O)Nc3ccccc32)CC1. The van der Waals surface area contributed by atoms with Crippen molar-refractivity contribution in [3.05, 3.63) is 29.8 Å². The Bertz CT molecular complexity index is 562. The van der Waals surface area contributed by atoms with Crippen molar-refractivity contribution in [3.8, 4) is 0 Å². The van der Waals surface area contributed by atoms with Gasteiger partial charge in [-0.1, -0.05) is 18.2 Å². The normalized spacial score (nSPS) is 21.9. The third kappa shape index (κ3) is 2.48.